The lowest BCUT2D eigenvalue weighted by Crippen LogP contribution is -2.25. The number of benzene rings is 1. The number of nitrogens with one attached hydrogen (secondary N) is 1. The van der Waals surface area contributed by atoms with Crippen LogP contribution in [0.1, 0.15) is 18.4 Å². The summed E-state index contributed by atoms with van der Waals surface area (Å²) < 4.78 is 33.1. The monoisotopic (exact) mass is 327 g/mol. The molecule has 1 aromatic carbocycles. The summed E-state index contributed by atoms with van der Waals surface area (Å²) in [5.41, 5.74) is 0.894. The summed E-state index contributed by atoms with van der Waals surface area (Å²) in [4.78, 5) is 11.9. The van der Waals surface area contributed by atoms with E-state index in [1.54, 1.807) is 26.4 Å². The Bertz CT molecular complexity index is 641. The summed E-state index contributed by atoms with van der Waals surface area (Å²) in [6.07, 6.45) is 0.832. The largest absolute Gasteiger partial charge is 0.493 e. The van der Waals surface area contributed by atoms with E-state index in [1.165, 1.54) is 0 Å². The number of amides is 1. The molecular weight excluding hydrogens is 306 g/mol. The lowest BCUT2D eigenvalue weighted by Gasteiger charge is -2.11. The van der Waals surface area contributed by atoms with E-state index in [4.69, 9.17) is 9.47 Å². The molecule has 0 radical (unpaired) electrons. The van der Waals surface area contributed by atoms with Crippen LogP contribution in [0, 0.1) is 5.92 Å². The molecule has 1 N–H and O–H groups in total. The summed E-state index contributed by atoms with van der Waals surface area (Å²) in [7, 11) is 0.185. The Hall–Kier alpha value is -1.76. The lowest BCUT2D eigenvalue weighted by molar-refractivity contribution is -0.122. The van der Waals surface area contributed by atoms with E-state index >= 15 is 0 Å². The fourth-order valence-electron chi connectivity index (χ4n) is 2.56. The molecule has 0 unspecified atom stereocenters. The van der Waals surface area contributed by atoms with Crippen molar-refractivity contribution in [2.24, 2.45) is 5.92 Å². The molecule has 0 saturated carbocycles. The number of rotatable bonds is 6. The lowest BCUT2D eigenvalue weighted by atomic mass is 10.0. The van der Waals surface area contributed by atoms with Crippen LogP contribution in [0.25, 0.3) is 0 Å². The first kappa shape index (κ1) is 16.6. The fourth-order valence-corrected chi connectivity index (χ4v) is 4.42. The van der Waals surface area contributed by atoms with E-state index in [1.807, 2.05) is 6.07 Å². The first-order valence-corrected chi connectivity index (χ1v) is 8.93. The molecule has 6 nitrogen and oxygen atoms in total. The zero-order chi connectivity index (χ0) is 16.2. The normalized spacial score (nSPS) is 19.6. The molecule has 0 aromatic heterocycles. The number of carbonyl (C=O) groups is 1. The first-order valence-electron chi connectivity index (χ1n) is 7.11. The summed E-state index contributed by atoms with van der Waals surface area (Å²) in [6.45, 7) is 0.374. The van der Waals surface area contributed by atoms with Crippen LogP contribution in [0.5, 0.6) is 11.5 Å². The molecule has 1 saturated heterocycles. The third-order valence-electron chi connectivity index (χ3n) is 3.74. The molecule has 2 rings (SSSR count). The third kappa shape index (κ3) is 4.37. The Morgan fingerprint density at radius 3 is 2.59 bits per heavy atom. The molecular formula is C15H21NO5S. The van der Waals surface area contributed by atoms with Gasteiger partial charge in [0.1, 0.15) is 0 Å². The predicted molar refractivity (Wildman–Crippen MR) is 82.8 cm³/mol. The van der Waals surface area contributed by atoms with Crippen molar-refractivity contribution in [3.8, 4) is 11.5 Å². The van der Waals surface area contributed by atoms with Gasteiger partial charge in [-0.2, -0.15) is 0 Å². The molecule has 0 aliphatic carbocycles. The minimum atomic E-state index is -2.94. The second-order valence-electron chi connectivity index (χ2n) is 5.44. The molecule has 7 heteroatoms. The van der Waals surface area contributed by atoms with Gasteiger partial charge in [0.15, 0.2) is 21.3 Å². The average Bonchev–Trinajstić information content (AvgIpc) is 2.83. The Morgan fingerprint density at radius 2 is 2.00 bits per heavy atom. The average molecular weight is 327 g/mol. The maximum absolute atomic E-state index is 11.9. The molecule has 1 aromatic rings. The zero-order valence-electron chi connectivity index (χ0n) is 12.8. The highest BCUT2D eigenvalue weighted by atomic mass is 32.2. The molecule has 0 spiro atoms. The van der Waals surface area contributed by atoms with Gasteiger partial charge in [-0.3, -0.25) is 4.79 Å². The molecule has 122 valence electrons. The first-order chi connectivity index (χ1) is 10.4. The van der Waals surface area contributed by atoms with Gasteiger partial charge in [-0.05, 0) is 30.0 Å². The molecule has 1 atom stereocenters. The van der Waals surface area contributed by atoms with Crippen LogP contribution in [0.4, 0.5) is 0 Å². The van der Waals surface area contributed by atoms with E-state index < -0.39 is 9.84 Å². The molecule has 1 heterocycles. The van der Waals surface area contributed by atoms with Crippen molar-refractivity contribution >= 4 is 15.7 Å². The highest BCUT2D eigenvalue weighted by Crippen LogP contribution is 2.27. The quantitative estimate of drug-likeness (QED) is 0.847. The number of hydrogen-bond donors (Lipinski definition) is 1. The van der Waals surface area contributed by atoms with Crippen molar-refractivity contribution in [3.05, 3.63) is 23.8 Å². The zero-order valence-corrected chi connectivity index (χ0v) is 13.6. The van der Waals surface area contributed by atoms with Gasteiger partial charge < -0.3 is 14.8 Å². The maximum Gasteiger partial charge on any atom is 0.220 e. The molecule has 22 heavy (non-hydrogen) atoms. The van der Waals surface area contributed by atoms with Crippen molar-refractivity contribution < 1.29 is 22.7 Å². The summed E-state index contributed by atoms with van der Waals surface area (Å²) in [6, 6.07) is 5.44. The van der Waals surface area contributed by atoms with E-state index in [0.29, 0.717) is 24.5 Å². The van der Waals surface area contributed by atoms with Crippen molar-refractivity contribution in [1.29, 1.82) is 0 Å². The van der Waals surface area contributed by atoms with Crippen molar-refractivity contribution in [3.63, 3.8) is 0 Å². The fraction of sp³-hybridized carbons (Fsp3) is 0.533. The Labute approximate surface area is 130 Å². The Balaban J connectivity index is 1.86. The van der Waals surface area contributed by atoms with Crippen LogP contribution < -0.4 is 14.8 Å². The number of hydrogen-bond acceptors (Lipinski definition) is 5. The number of carbonyl (C=O) groups excluding carboxylic acids is 1. The summed E-state index contributed by atoms with van der Waals surface area (Å²) in [5, 5.41) is 2.81. The number of ether oxygens (including phenoxy) is 2. The van der Waals surface area contributed by atoms with Gasteiger partial charge >= 0.3 is 0 Å². The van der Waals surface area contributed by atoms with Gasteiger partial charge in [0.05, 0.1) is 25.7 Å². The van der Waals surface area contributed by atoms with Gasteiger partial charge in [-0.15, -0.1) is 0 Å². The topological polar surface area (TPSA) is 81.7 Å². The van der Waals surface area contributed by atoms with Crippen molar-refractivity contribution in [2.75, 3.05) is 25.7 Å². The standard InChI is InChI=1S/C15H21NO5S/c1-20-13-4-3-11(7-14(13)21-2)9-16-15(17)8-12-5-6-22(18,19)10-12/h3-4,7,12H,5-6,8-10H2,1-2H3,(H,16,17)/t12-/m0/s1. The smallest absolute Gasteiger partial charge is 0.220 e. The second-order valence-corrected chi connectivity index (χ2v) is 7.67. The van der Waals surface area contributed by atoms with E-state index in [2.05, 4.69) is 5.32 Å². The van der Waals surface area contributed by atoms with Gasteiger partial charge in [0.25, 0.3) is 0 Å². The van der Waals surface area contributed by atoms with Gasteiger partial charge in [0.2, 0.25) is 5.91 Å². The van der Waals surface area contributed by atoms with Gasteiger partial charge in [-0.25, -0.2) is 8.42 Å². The minimum Gasteiger partial charge on any atom is -0.493 e. The van der Waals surface area contributed by atoms with Crippen LogP contribution in [0.2, 0.25) is 0 Å². The van der Waals surface area contributed by atoms with Crippen LogP contribution in [0.3, 0.4) is 0 Å². The van der Waals surface area contributed by atoms with Crippen LogP contribution in [-0.4, -0.2) is 40.1 Å². The van der Waals surface area contributed by atoms with Crippen LogP contribution >= 0.6 is 0 Å². The second kappa shape index (κ2) is 7.00. The molecule has 0 bridgehead atoms. The van der Waals surface area contributed by atoms with Crippen LogP contribution in [-0.2, 0) is 21.2 Å². The van der Waals surface area contributed by atoms with Gasteiger partial charge in [-0.1, -0.05) is 6.07 Å². The number of methoxy groups -OCH3 is 2. The van der Waals surface area contributed by atoms with Crippen molar-refractivity contribution in [2.45, 2.75) is 19.4 Å². The van der Waals surface area contributed by atoms with Crippen LogP contribution in [0.15, 0.2) is 18.2 Å². The maximum atomic E-state index is 11.9. The van der Waals surface area contributed by atoms with Crippen molar-refractivity contribution in [1.82, 2.24) is 5.32 Å². The SMILES string of the molecule is COc1ccc(CNC(=O)C[C@@H]2CCS(=O)(=O)C2)cc1OC. The molecule has 1 amide bonds. The van der Waals surface area contributed by atoms with E-state index in [-0.39, 0.29) is 29.8 Å². The Morgan fingerprint density at radius 1 is 1.27 bits per heavy atom. The molecule has 1 aliphatic rings. The molecule has 1 fully saturated rings. The summed E-state index contributed by atoms with van der Waals surface area (Å²) >= 11 is 0. The summed E-state index contributed by atoms with van der Waals surface area (Å²) in [5.74, 6) is 1.37. The minimum absolute atomic E-state index is 0.0598. The highest BCUT2D eigenvalue weighted by molar-refractivity contribution is 7.91. The molecule has 1 aliphatic heterocycles. The van der Waals surface area contributed by atoms with E-state index in [9.17, 15) is 13.2 Å². The Kier molecular flexibility index (Phi) is 5.28. The highest BCUT2D eigenvalue weighted by Gasteiger charge is 2.29. The predicted octanol–water partition coefficient (Wildman–Crippen LogP) is 1.14. The van der Waals surface area contributed by atoms with Gasteiger partial charge in [0, 0.05) is 13.0 Å². The number of sulfone groups is 1. The van der Waals surface area contributed by atoms with E-state index in [0.717, 1.165) is 5.56 Å². The third-order valence-corrected chi connectivity index (χ3v) is 5.58.